The van der Waals surface area contributed by atoms with Crippen molar-refractivity contribution in [1.29, 1.82) is 0 Å². The summed E-state index contributed by atoms with van der Waals surface area (Å²) in [7, 11) is -3.89. The summed E-state index contributed by atoms with van der Waals surface area (Å²) in [5.41, 5.74) is -8.36. The summed E-state index contributed by atoms with van der Waals surface area (Å²) < 4.78 is 82.9. The minimum Gasteiger partial charge on any atom is -0.375 e. The van der Waals surface area contributed by atoms with Crippen molar-refractivity contribution in [3.63, 3.8) is 0 Å². The molecule has 1 aliphatic rings. The third-order valence-electron chi connectivity index (χ3n) is 5.54. The zero-order chi connectivity index (χ0) is 26.5. The van der Waals surface area contributed by atoms with E-state index < -0.39 is 61.3 Å². The van der Waals surface area contributed by atoms with E-state index in [-0.39, 0.29) is 12.5 Å². The number of hydrogen-bond acceptors (Lipinski definition) is 6. The van der Waals surface area contributed by atoms with Crippen molar-refractivity contribution in [3.8, 4) is 5.75 Å². The Labute approximate surface area is 197 Å². The van der Waals surface area contributed by atoms with Crippen LogP contribution in [0.1, 0.15) is 34.3 Å². The molecule has 0 atom stereocenters. The summed E-state index contributed by atoms with van der Waals surface area (Å²) in [6, 6.07) is 3.34. The van der Waals surface area contributed by atoms with Crippen LogP contribution in [0.15, 0.2) is 23.0 Å². The molecule has 1 saturated carbocycles. The minimum absolute atomic E-state index is 0.0494. The zero-order valence-electron chi connectivity index (χ0n) is 19.0. The lowest BCUT2D eigenvalue weighted by Crippen LogP contribution is -2.37. The molecule has 1 fully saturated rings. The Hall–Kier alpha value is -3.42. The maximum Gasteiger partial charge on any atom is 0.534 e. The van der Waals surface area contributed by atoms with Crippen molar-refractivity contribution in [1.82, 2.24) is 9.47 Å². The third kappa shape index (κ3) is 4.74. The molecule has 1 aromatic heterocycles. The van der Waals surface area contributed by atoms with Gasteiger partial charge < -0.3 is 9.08 Å². The van der Waals surface area contributed by atoms with Crippen LogP contribution in [0.25, 0.3) is 0 Å². The average Bonchev–Trinajstić information content (AvgIpc) is 3.60. The van der Waals surface area contributed by atoms with Crippen LogP contribution in [0.2, 0.25) is 0 Å². The molecule has 0 unspecified atom stereocenters. The molecule has 0 saturated heterocycles. The molecule has 35 heavy (non-hydrogen) atoms. The molecular weight excluding hydrogens is 498 g/mol. The Morgan fingerprint density at radius 1 is 1.23 bits per heavy atom. The van der Waals surface area contributed by atoms with Gasteiger partial charge in [-0.05, 0) is 44.4 Å². The smallest absolute Gasteiger partial charge is 0.375 e. The largest absolute Gasteiger partial charge is 0.534 e. The molecule has 1 aromatic carbocycles. The van der Waals surface area contributed by atoms with Crippen molar-refractivity contribution in [3.05, 3.63) is 51.1 Å². The molecular formula is C21H21F4N3O6S. The van der Waals surface area contributed by atoms with Gasteiger partial charge >= 0.3 is 15.6 Å². The van der Waals surface area contributed by atoms with Gasteiger partial charge in [-0.1, -0.05) is 6.07 Å². The number of anilines is 2. The molecule has 0 bridgehead atoms. The number of amides is 2. The maximum atomic E-state index is 14.8. The first-order valence-corrected chi connectivity index (χ1v) is 11.5. The van der Waals surface area contributed by atoms with Crippen molar-refractivity contribution in [2.45, 2.75) is 38.2 Å². The second kappa shape index (κ2) is 8.98. The van der Waals surface area contributed by atoms with E-state index in [1.165, 1.54) is 13.1 Å². The lowest BCUT2D eigenvalue weighted by molar-refractivity contribution is -0.106. The second-order valence-electron chi connectivity index (χ2n) is 8.08. The van der Waals surface area contributed by atoms with Gasteiger partial charge in [-0.2, -0.15) is 21.6 Å². The fraction of sp³-hybridized carbons (Fsp3) is 0.381. The summed E-state index contributed by atoms with van der Waals surface area (Å²) in [6.45, 7) is 2.53. The number of carbonyl (C=O) groups excluding carboxylic acids is 2. The highest BCUT2D eigenvalue weighted by molar-refractivity contribution is 7.88. The Kier molecular flexibility index (Phi) is 6.72. The van der Waals surface area contributed by atoms with E-state index in [2.05, 4.69) is 4.18 Å². The van der Waals surface area contributed by atoms with E-state index in [0.717, 1.165) is 35.6 Å². The molecule has 2 aromatic rings. The van der Waals surface area contributed by atoms with Gasteiger partial charge in [0, 0.05) is 20.1 Å². The Morgan fingerprint density at radius 3 is 2.31 bits per heavy atom. The predicted molar refractivity (Wildman–Crippen MR) is 116 cm³/mol. The number of halogens is 4. The van der Waals surface area contributed by atoms with Gasteiger partial charge in [-0.3, -0.25) is 23.9 Å². The number of nitrogens with zero attached hydrogens (tertiary/aromatic N) is 3. The lowest BCUT2D eigenvalue weighted by Gasteiger charge is -2.28. The van der Waals surface area contributed by atoms with Gasteiger partial charge in [0.25, 0.3) is 11.5 Å². The van der Waals surface area contributed by atoms with Crippen molar-refractivity contribution in [2.75, 3.05) is 11.9 Å². The summed E-state index contributed by atoms with van der Waals surface area (Å²) >= 11 is 0. The number of benzene rings is 1. The van der Waals surface area contributed by atoms with Gasteiger partial charge in [0.1, 0.15) is 17.2 Å². The van der Waals surface area contributed by atoms with Crippen LogP contribution in [-0.4, -0.2) is 48.8 Å². The summed E-state index contributed by atoms with van der Waals surface area (Å²) in [5, 5.41) is 0. The zero-order valence-corrected chi connectivity index (χ0v) is 19.8. The fourth-order valence-corrected chi connectivity index (χ4v) is 3.99. The molecule has 0 spiro atoms. The molecule has 2 amide bonds. The normalized spacial score (nSPS) is 13.9. The van der Waals surface area contributed by atoms with Gasteiger partial charge in [-0.25, -0.2) is 4.39 Å². The predicted octanol–water partition coefficient (Wildman–Crippen LogP) is 2.90. The quantitative estimate of drug-likeness (QED) is 0.241. The molecule has 0 radical (unpaired) electrons. The van der Waals surface area contributed by atoms with Gasteiger partial charge in [0.05, 0.1) is 11.3 Å². The highest BCUT2D eigenvalue weighted by atomic mass is 32.2. The average molecular weight is 519 g/mol. The van der Waals surface area contributed by atoms with Crippen molar-refractivity contribution < 1.29 is 39.8 Å². The molecule has 14 heteroatoms. The Morgan fingerprint density at radius 2 is 1.83 bits per heavy atom. The van der Waals surface area contributed by atoms with Gasteiger partial charge in [-0.15, -0.1) is 0 Å². The van der Waals surface area contributed by atoms with E-state index in [4.69, 9.17) is 0 Å². The number of rotatable bonds is 7. The maximum absolute atomic E-state index is 14.8. The Balaban J connectivity index is 2.42. The van der Waals surface area contributed by atoms with Crippen LogP contribution in [0.3, 0.4) is 0 Å². The fourth-order valence-electron chi connectivity index (χ4n) is 3.47. The lowest BCUT2D eigenvalue weighted by atomic mass is 10.1. The molecule has 3 rings (SSSR count). The minimum atomic E-state index is -6.32. The summed E-state index contributed by atoms with van der Waals surface area (Å²) in [4.78, 5) is 40.1. The summed E-state index contributed by atoms with van der Waals surface area (Å²) in [5.74, 6) is -3.82. The van der Waals surface area contributed by atoms with Crippen molar-refractivity contribution >= 4 is 33.9 Å². The van der Waals surface area contributed by atoms with E-state index in [1.54, 1.807) is 6.92 Å². The van der Waals surface area contributed by atoms with Crippen LogP contribution < -0.4 is 14.6 Å². The van der Waals surface area contributed by atoms with Crippen molar-refractivity contribution in [2.24, 2.45) is 7.05 Å². The number of aryl methyl sites for hydroxylation is 1. The van der Waals surface area contributed by atoms with Crippen LogP contribution in [-0.2, 0) is 22.0 Å². The number of pyridine rings is 1. The van der Waals surface area contributed by atoms with Crippen LogP contribution in [0.4, 0.5) is 29.1 Å². The van der Waals surface area contributed by atoms with Gasteiger partial charge in [0.15, 0.2) is 5.75 Å². The molecule has 190 valence electrons. The standard InChI is InChI=1S/C21H21F4N3O6S/c1-11-5-8-15(14(22)9-11)28(10-29)18-16(20(31)26(3)13-6-7-13)17(12(2)19(30)27(18)4)34-35(32,33)21(23,24)25/h5,8-10,13H,6-7H2,1-4H3. The first-order valence-electron chi connectivity index (χ1n) is 10.1. The van der Waals surface area contributed by atoms with Crippen LogP contribution in [0, 0.1) is 19.7 Å². The Bertz CT molecular complexity index is 1370. The highest BCUT2D eigenvalue weighted by Crippen LogP contribution is 2.39. The number of carbonyl (C=O) groups is 2. The molecule has 1 heterocycles. The van der Waals surface area contributed by atoms with E-state index in [9.17, 15) is 40.4 Å². The van der Waals surface area contributed by atoms with Gasteiger partial charge in [0.2, 0.25) is 6.41 Å². The molecule has 0 aliphatic heterocycles. The molecule has 1 aliphatic carbocycles. The van der Waals surface area contributed by atoms with E-state index >= 15 is 0 Å². The van der Waals surface area contributed by atoms with E-state index in [1.807, 2.05) is 0 Å². The molecule has 9 nitrogen and oxygen atoms in total. The summed E-state index contributed by atoms with van der Waals surface area (Å²) in [6.07, 6.45) is 1.19. The highest BCUT2D eigenvalue weighted by Gasteiger charge is 2.50. The van der Waals surface area contributed by atoms with E-state index in [0.29, 0.717) is 23.3 Å². The SMILES string of the molecule is Cc1ccc(N(C=O)c2c(C(=O)N(C)C3CC3)c(OS(=O)(=O)C(F)(F)F)c(C)c(=O)n2C)c(F)c1. The number of alkyl halides is 3. The number of aromatic nitrogens is 1. The first-order chi connectivity index (χ1) is 16.1. The third-order valence-corrected chi connectivity index (χ3v) is 6.49. The monoisotopic (exact) mass is 519 g/mol. The topological polar surface area (TPSA) is 106 Å². The second-order valence-corrected chi connectivity index (χ2v) is 9.62. The van der Waals surface area contributed by atoms with Crippen LogP contribution >= 0.6 is 0 Å². The van der Waals surface area contributed by atoms with Crippen LogP contribution in [0.5, 0.6) is 5.75 Å². The first kappa shape index (κ1) is 26.2. The number of hydrogen-bond donors (Lipinski definition) is 0. The molecule has 0 N–H and O–H groups in total.